The number of nitrogens with one attached hydrogen (secondary N) is 1. The Labute approximate surface area is 257 Å². The van der Waals surface area contributed by atoms with E-state index in [9.17, 15) is 9.59 Å². The Hall–Kier alpha value is -2.90. The monoisotopic (exact) mass is 609 g/mol. The number of aliphatic imine (C=N–C) groups is 1. The van der Waals surface area contributed by atoms with Crippen LogP contribution in [0.5, 0.6) is 0 Å². The van der Waals surface area contributed by atoms with Gasteiger partial charge in [0.25, 0.3) is 18.3 Å². The zero-order valence-electron chi connectivity index (χ0n) is 26.3. The molecule has 0 saturated carbocycles. The van der Waals surface area contributed by atoms with Crippen molar-refractivity contribution in [1.29, 1.82) is 0 Å². The molecule has 0 aliphatic carbocycles. The number of amides is 2. The third-order valence-electron chi connectivity index (χ3n) is 5.38. The molecular weight excluding hydrogens is 561 g/mol. The molecular formula is C32H49Cl2N3O4. The van der Waals surface area contributed by atoms with Crippen LogP contribution in [0, 0.1) is 12.3 Å². The van der Waals surface area contributed by atoms with E-state index in [1.54, 1.807) is 30.1 Å². The molecule has 0 fully saturated rings. The second-order valence-electron chi connectivity index (χ2n) is 10.2. The standard InChI is InChI=1S/C11H10Cl2N2O.C11H15NO.C7H16.C2H6.CH2O2/c1-6-14-10(11(16)15(6)2)7-3-8(12)5-9(13)4-7;1-3-8-12-11(13)10-6-4-9(2)5-7-10;1-5-6-7(2,3)4;1-2;2-1-3/h3-6H,1-2H3;4-7H,3,8H2,1-2H3,(H,12,13);5-6H2,1-4H3;1-2H3;1H,(H,2,3). The van der Waals surface area contributed by atoms with Gasteiger partial charge < -0.3 is 15.3 Å². The normalized spacial score (nSPS) is 13.5. The quantitative estimate of drug-likeness (QED) is 0.333. The minimum atomic E-state index is -0.250. The van der Waals surface area contributed by atoms with Crippen molar-refractivity contribution in [3.8, 4) is 0 Å². The lowest BCUT2D eigenvalue weighted by molar-refractivity contribution is -0.123. The number of likely N-dealkylation sites (N-methyl/N-ethyl adjacent to an activating group) is 1. The molecule has 2 amide bonds. The molecule has 1 atom stereocenters. The van der Waals surface area contributed by atoms with Crippen molar-refractivity contribution < 1.29 is 19.5 Å². The van der Waals surface area contributed by atoms with Crippen LogP contribution in [0.3, 0.4) is 0 Å². The summed E-state index contributed by atoms with van der Waals surface area (Å²) in [5.41, 5.74) is 3.54. The zero-order chi connectivity index (χ0) is 32.2. The topological polar surface area (TPSA) is 99.1 Å². The molecule has 1 aliphatic rings. The maximum atomic E-state index is 11.8. The fourth-order valence-electron chi connectivity index (χ4n) is 3.35. The van der Waals surface area contributed by atoms with Gasteiger partial charge >= 0.3 is 0 Å². The number of carbonyl (C=O) groups excluding carboxylic acids is 2. The van der Waals surface area contributed by atoms with E-state index < -0.39 is 0 Å². The summed E-state index contributed by atoms with van der Waals surface area (Å²) in [5.74, 6) is -0.0901. The summed E-state index contributed by atoms with van der Waals surface area (Å²) in [5, 5.41) is 10.7. The van der Waals surface area contributed by atoms with Gasteiger partial charge in [-0.25, -0.2) is 0 Å². The van der Waals surface area contributed by atoms with Crippen molar-refractivity contribution in [1.82, 2.24) is 10.2 Å². The highest BCUT2D eigenvalue weighted by Crippen LogP contribution is 2.23. The van der Waals surface area contributed by atoms with Crippen molar-refractivity contribution in [2.45, 2.75) is 87.7 Å². The molecule has 2 aromatic carbocycles. The maximum Gasteiger partial charge on any atom is 0.290 e. The van der Waals surface area contributed by atoms with E-state index in [4.69, 9.17) is 33.1 Å². The number of aryl methyl sites for hydroxylation is 1. The third kappa shape index (κ3) is 17.5. The molecule has 0 bridgehead atoms. The largest absolute Gasteiger partial charge is 0.483 e. The van der Waals surface area contributed by atoms with Gasteiger partial charge in [0.05, 0.1) is 0 Å². The van der Waals surface area contributed by atoms with Gasteiger partial charge in [0, 0.05) is 34.8 Å². The first-order valence-corrected chi connectivity index (χ1v) is 14.7. The molecule has 0 saturated heterocycles. The van der Waals surface area contributed by atoms with Crippen LogP contribution in [0.2, 0.25) is 10.0 Å². The van der Waals surface area contributed by atoms with E-state index >= 15 is 0 Å². The number of nitrogens with zero attached hydrogens (tertiary/aromatic N) is 2. The zero-order valence-corrected chi connectivity index (χ0v) is 27.9. The number of carboxylic acid groups (broad SMARTS) is 1. The fourth-order valence-corrected chi connectivity index (χ4v) is 3.88. The number of hydrogen-bond donors (Lipinski definition) is 2. The fraction of sp³-hybridized carbons (Fsp3) is 0.500. The van der Waals surface area contributed by atoms with Gasteiger partial charge in [-0.3, -0.25) is 19.4 Å². The molecule has 9 heteroatoms. The van der Waals surface area contributed by atoms with Gasteiger partial charge in [-0.05, 0) is 62.4 Å². The Kier molecular flexibility index (Phi) is 21.4. The average molecular weight is 611 g/mol. The molecule has 1 heterocycles. The first-order chi connectivity index (χ1) is 19.2. The molecule has 0 radical (unpaired) electrons. The van der Waals surface area contributed by atoms with Gasteiger partial charge in [-0.15, -0.1) is 0 Å². The smallest absolute Gasteiger partial charge is 0.290 e. The van der Waals surface area contributed by atoms with Crippen LogP contribution in [-0.4, -0.2) is 53.8 Å². The third-order valence-corrected chi connectivity index (χ3v) is 5.82. The average Bonchev–Trinajstić information content (AvgIpc) is 3.16. The summed E-state index contributed by atoms with van der Waals surface area (Å²) >= 11 is 11.8. The predicted octanol–water partition coefficient (Wildman–Crippen LogP) is 8.29. The van der Waals surface area contributed by atoms with Crippen molar-refractivity contribution in [3.63, 3.8) is 0 Å². The van der Waals surface area contributed by atoms with Gasteiger partial charge in [-0.1, -0.05) is 95.8 Å². The van der Waals surface area contributed by atoms with E-state index in [1.165, 1.54) is 18.4 Å². The second-order valence-corrected chi connectivity index (χ2v) is 11.1. The summed E-state index contributed by atoms with van der Waals surface area (Å²) in [4.78, 5) is 37.5. The van der Waals surface area contributed by atoms with E-state index in [1.807, 2.05) is 58.9 Å². The van der Waals surface area contributed by atoms with Crippen molar-refractivity contribution >= 4 is 47.2 Å². The highest BCUT2D eigenvalue weighted by atomic mass is 35.5. The lowest BCUT2D eigenvalue weighted by Gasteiger charge is -2.15. The minimum Gasteiger partial charge on any atom is -0.483 e. The summed E-state index contributed by atoms with van der Waals surface area (Å²) in [6.45, 7) is 19.4. The van der Waals surface area contributed by atoms with Crippen molar-refractivity contribution in [3.05, 3.63) is 69.2 Å². The van der Waals surface area contributed by atoms with Crippen LogP contribution < -0.4 is 5.32 Å². The van der Waals surface area contributed by atoms with Gasteiger partial charge in [0.15, 0.2) is 0 Å². The molecule has 3 rings (SSSR count). The van der Waals surface area contributed by atoms with Crippen LogP contribution in [0.25, 0.3) is 0 Å². The van der Waals surface area contributed by atoms with E-state index in [0.29, 0.717) is 26.7 Å². The van der Waals surface area contributed by atoms with Gasteiger partial charge in [0.2, 0.25) is 0 Å². The molecule has 2 N–H and O–H groups in total. The van der Waals surface area contributed by atoms with Crippen LogP contribution in [0.15, 0.2) is 47.5 Å². The van der Waals surface area contributed by atoms with E-state index in [2.05, 4.69) is 38.0 Å². The Morgan fingerprint density at radius 3 is 1.88 bits per heavy atom. The van der Waals surface area contributed by atoms with Gasteiger partial charge in [0.1, 0.15) is 11.9 Å². The predicted molar refractivity (Wildman–Crippen MR) is 173 cm³/mol. The SMILES string of the molecule is CC.CC1N=C(c2cc(Cl)cc(Cl)c2)C(=O)N1C.CCCC(C)(C)C.CCCNC(=O)c1ccc(C)cc1.O=CO. The highest BCUT2D eigenvalue weighted by molar-refractivity contribution is 6.47. The summed E-state index contributed by atoms with van der Waals surface area (Å²) in [6, 6.07) is 12.6. The number of benzene rings is 2. The lowest BCUT2D eigenvalue weighted by atomic mass is 9.91. The molecule has 0 aromatic heterocycles. The summed E-state index contributed by atoms with van der Waals surface area (Å²) in [6.07, 6.45) is 3.48. The molecule has 0 spiro atoms. The molecule has 1 unspecified atom stereocenters. The molecule has 41 heavy (non-hydrogen) atoms. The lowest BCUT2D eigenvalue weighted by Crippen LogP contribution is -2.30. The second kappa shape index (κ2) is 21.8. The highest BCUT2D eigenvalue weighted by Gasteiger charge is 2.29. The Bertz CT molecular complexity index is 1060. The minimum absolute atomic E-state index is 0.0156. The van der Waals surface area contributed by atoms with E-state index in [-0.39, 0.29) is 24.5 Å². The number of carbonyl (C=O) groups is 3. The molecule has 2 aromatic rings. The maximum absolute atomic E-state index is 11.8. The molecule has 1 aliphatic heterocycles. The molecule has 230 valence electrons. The Morgan fingerprint density at radius 1 is 1.05 bits per heavy atom. The van der Waals surface area contributed by atoms with Crippen molar-refractivity contribution in [2.24, 2.45) is 10.4 Å². The van der Waals surface area contributed by atoms with E-state index in [0.717, 1.165) is 18.5 Å². The van der Waals surface area contributed by atoms with Crippen LogP contribution in [0.4, 0.5) is 0 Å². The Balaban J connectivity index is 0. The first kappa shape index (κ1) is 40.2. The summed E-state index contributed by atoms with van der Waals surface area (Å²) in [7, 11) is 1.72. The van der Waals surface area contributed by atoms with Crippen LogP contribution in [-0.2, 0) is 9.59 Å². The number of hydrogen-bond acceptors (Lipinski definition) is 4. The number of rotatable bonds is 5. The Morgan fingerprint density at radius 2 is 1.54 bits per heavy atom. The van der Waals surface area contributed by atoms with Crippen LogP contribution in [0.1, 0.15) is 96.1 Å². The van der Waals surface area contributed by atoms with Crippen LogP contribution >= 0.6 is 23.2 Å². The van der Waals surface area contributed by atoms with Gasteiger partial charge in [-0.2, -0.15) is 0 Å². The molecule has 7 nitrogen and oxygen atoms in total. The van der Waals surface area contributed by atoms with Crippen molar-refractivity contribution in [2.75, 3.05) is 13.6 Å². The first-order valence-electron chi connectivity index (χ1n) is 13.9. The summed E-state index contributed by atoms with van der Waals surface area (Å²) < 4.78 is 0. The number of halogens is 2.